The maximum Gasteiger partial charge on any atom is 0.457 e. The van der Waals surface area contributed by atoms with Gasteiger partial charge in [0.25, 0.3) is 5.91 Å². The van der Waals surface area contributed by atoms with Crippen LogP contribution in [-0.4, -0.2) is 34.7 Å². The minimum atomic E-state index is -6.23. The molecule has 0 fully saturated rings. The van der Waals surface area contributed by atoms with Crippen molar-refractivity contribution in [2.75, 3.05) is 0 Å². The predicted octanol–water partition coefficient (Wildman–Crippen LogP) is 4.27. The number of benzene rings is 2. The summed E-state index contributed by atoms with van der Waals surface area (Å²) in [5.74, 6) is -8.71. The molecule has 5 nitrogen and oxygen atoms in total. The highest BCUT2D eigenvalue weighted by molar-refractivity contribution is 5.95. The lowest BCUT2D eigenvalue weighted by Gasteiger charge is -2.40. The maximum absolute atomic E-state index is 14.6. The van der Waals surface area contributed by atoms with E-state index in [4.69, 9.17) is 4.74 Å². The lowest BCUT2D eigenvalue weighted by molar-refractivity contribution is -0.336. The Bertz CT molecular complexity index is 1020. The molecule has 32 heavy (non-hydrogen) atoms. The average molecular weight is 457 g/mol. The molecule has 0 aliphatic carbocycles. The van der Waals surface area contributed by atoms with Crippen LogP contribution in [0.15, 0.2) is 54.6 Å². The van der Waals surface area contributed by atoms with Crippen LogP contribution in [-0.2, 0) is 14.9 Å². The fraction of sp³-hybridized carbons (Fsp3) is 0.364. The van der Waals surface area contributed by atoms with Crippen molar-refractivity contribution in [2.45, 2.75) is 49.6 Å². The molecule has 2 aromatic rings. The van der Waals surface area contributed by atoms with Crippen molar-refractivity contribution in [3.63, 3.8) is 0 Å². The second-order valence-corrected chi connectivity index (χ2v) is 8.21. The monoisotopic (exact) mass is 457 g/mol. The van der Waals surface area contributed by atoms with Gasteiger partial charge in [-0.15, -0.1) is 0 Å². The normalized spacial score (nSPS) is 18.5. The number of halogens is 5. The molecule has 10 heteroatoms. The number of carbonyl (C=O) groups excluding carboxylic acids is 2. The molecule has 0 saturated heterocycles. The number of ether oxygens (including phenoxy) is 1. The van der Waals surface area contributed by atoms with Crippen LogP contribution in [0.5, 0.6) is 0 Å². The van der Waals surface area contributed by atoms with E-state index in [2.05, 4.69) is 0 Å². The SMILES string of the molecule is CC(C)(CC(O)(C(=O)NC1OC(=O)c2ccccc21)C(F)(F)C(F)(F)F)c1ccccc1. The molecule has 0 bridgehead atoms. The first kappa shape index (κ1) is 23.6. The van der Waals surface area contributed by atoms with E-state index >= 15 is 0 Å². The van der Waals surface area contributed by atoms with Gasteiger partial charge in [0.2, 0.25) is 11.8 Å². The maximum atomic E-state index is 14.6. The molecule has 0 radical (unpaired) electrons. The van der Waals surface area contributed by atoms with Crippen LogP contribution in [0, 0.1) is 0 Å². The van der Waals surface area contributed by atoms with E-state index in [1.54, 1.807) is 18.2 Å². The van der Waals surface area contributed by atoms with Crippen LogP contribution in [0.2, 0.25) is 0 Å². The van der Waals surface area contributed by atoms with Crippen molar-refractivity contribution in [1.29, 1.82) is 0 Å². The van der Waals surface area contributed by atoms with Gasteiger partial charge in [-0.1, -0.05) is 62.4 Å². The molecule has 2 N–H and O–H groups in total. The zero-order valence-electron chi connectivity index (χ0n) is 17.0. The van der Waals surface area contributed by atoms with Gasteiger partial charge in [0.15, 0.2) is 0 Å². The van der Waals surface area contributed by atoms with Crippen molar-refractivity contribution in [2.24, 2.45) is 0 Å². The minimum Gasteiger partial charge on any atom is -0.434 e. The molecule has 0 saturated carbocycles. The largest absolute Gasteiger partial charge is 0.457 e. The highest BCUT2D eigenvalue weighted by Gasteiger charge is 2.74. The van der Waals surface area contributed by atoms with Crippen molar-refractivity contribution < 1.29 is 41.4 Å². The summed E-state index contributed by atoms with van der Waals surface area (Å²) in [7, 11) is 0. The van der Waals surface area contributed by atoms with E-state index in [9.17, 15) is 36.6 Å². The Morgan fingerprint density at radius 2 is 1.56 bits per heavy atom. The van der Waals surface area contributed by atoms with Gasteiger partial charge in [-0.3, -0.25) is 4.79 Å². The van der Waals surface area contributed by atoms with Crippen molar-refractivity contribution in [3.8, 4) is 0 Å². The summed E-state index contributed by atoms with van der Waals surface area (Å²) in [5, 5.41) is 12.5. The summed E-state index contributed by atoms with van der Waals surface area (Å²) in [5.41, 5.74) is -5.23. The minimum absolute atomic E-state index is 0.0218. The number of esters is 1. The lowest BCUT2D eigenvalue weighted by Crippen LogP contribution is -2.66. The van der Waals surface area contributed by atoms with Crippen LogP contribution in [0.3, 0.4) is 0 Å². The molecule has 2 aromatic carbocycles. The van der Waals surface area contributed by atoms with E-state index in [1.807, 2.05) is 5.32 Å². The zero-order valence-corrected chi connectivity index (χ0v) is 17.0. The topological polar surface area (TPSA) is 75.6 Å². The summed E-state index contributed by atoms with van der Waals surface area (Å²) >= 11 is 0. The molecule has 0 aromatic heterocycles. The summed E-state index contributed by atoms with van der Waals surface area (Å²) < 4.78 is 74.0. The number of fused-ring (bicyclic) bond motifs is 1. The molecule has 1 amide bonds. The first-order valence-electron chi connectivity index (χ1n) is 9.54. The molecule has 172 valence electrons. The number of hydrogen-bond acceptors (Lipinski definition) is 4. The highest BCUT2D eigenvalue weighted by atomic mass is 19.4. The second kappa shape index (κ2) is 7.84. The third-order valence-electron chi connectivity index (χ3n) is 5.45. The standard InChI is InChI=1S/C22H20F5NO4/c1-19(2,13-8-4-3-5-9-13)12-20(31,21(23,24)22(25,26)27)18(30)28-16-14-10-6-7-11-15(14)17(29)32-16/h3-11,16,31H,12H2,1-2H3,(H,28,30). The van der Waals surface area contributed by atoms with Gasteiger partial charge in [0.05, 0.1) is 5.56 Å². The Morgan fingerprint density at radius 3 is 2.16 bits per heavy atom. The van der Waals surface area contributed by atoms with E-state index < -0.39 is 47.6 Å². The van der Waals surface area contributed by atoms with E-state index in [1.165, 1.54) is 50.2 Å². The third-order valence-corrected chi connectivity index (χ3v) is 5.45. The summed E-state index contributed by atoms with van der Waals surface area (Å²) in [6.07, 6.45) is -9.12. The number of aliphatic hydroxyl groups is 1. The second-order valence-electron chi connectivity index (χ2n) is 8.21. The van der Waals surface area contributed by atoms with E-state index in [-0.39, 0.29) is 11.1 Å². The van der Waals surface area contributed by atoms with Crippen molar-refractivity contribution in [3.05, 3.63) is 71.3 Å². The molecule has 2 atom stereocenters. The molecule has 2 unspecified atom stereocenters. The number of amides is 1. The van der Waals surface area contributed by atoms with E-state index in [0.29, 0.717) is 5.56 Å². The Balaban J connectivity index is 2.00. The summed E-state index contributed by atoms with van der Waals surface area (Å²) in [6.45, 7) is 2.66. The van der Waals surface area contributed by atoms with Gasteiger partial charge in [0.1, 0.15) is 0 Å². The molecule has 1 aliphatic heterocycles. The van der Waals surface area contributed by atoms with Crippen LogP contribution in [0.4, 0.5) is 22.0 Å². The quantitative estimate of drug-likeness (QED) is 0.502. The first-order valence-corrected chi connectivity index (χ1v) is 9.54. The molecule has 3 rings (SSSR count). The fourth-order valence-electron chi connectivity index (χ4n) is 3.69. The Hall–Kier alpha value is -3.01. The van der Waals surface area contributed by atoms with Gasteiger partial charge < -0.3 is 15.2 Å². The number of cyclic esters (lactones) is 1. The van der Waals surface area contributed by atoms with Gasteiger partial charge in [-0.25, -0.2) is 4.79 Å². The molecule has 1 heterocycles. The predicted molar refractivity (Wildman–Crippen MR) is 103 cm³/mol. The Labute approximate surface area is 180 Å². The van der Waals surface area contributed by atoms with Crippen molar-refractivity contribution >= 4 is 11.9 Å². The number of alkyl halides is 5. The average Bonchev–Trinajstić information content (AvgIpc) is 3.03. The molecule has 0 spiro atoms. The Morgan fingerprint density at radius 1 is 1.00 bits per heavy atom. The molecular formula is C22H20F5NO4. The third kappa shape index (κ3) is 3.94. The number of hydrogen-bond donors (Lipinski definition) is 2. The zero-order chi connectivity index (χ0) is 23.9. The van der Waals surface area contributed by atoms with Crippen LogP contribution < -0.4 is 5.32 Å². The van der Waals surface area contributed by atoms with Gasteiger partial charge >= 0.3 is 18.1 Å². The fourth-order valence-corrected chi connectivity index (χ4v) is 3.69. The van der Waals surface area contributed by atoms with Gasteiger partial charge in [-0.05, 0) is 17.0 Å². The molecular weight excluding hydrogens is 437 g/mol. The number of nitrogens with one attached hydrogen (secondary N) is 1. The van der Waals surface area contributed by atoms with Gasteiger partial charge in [-0.2, -0.15) is 22.0 Å². The van der Waals surface area contributed by atoms with E-state index in [0.717, 1.165) is 0 Å². The lowest BCUT2D eigenvalue weighted by atomic mass is 9.72. The Kier molecular flexibility index (Phi) is 5.80. The number of carbonyl (C=O) groups is 2. The molecule has 1 aliphatic rings. The number of rotatable bonds is 6. The van der Waals surface area contributed by atoms with Crippen LogP contribution in [0.25, 0.3) is 0 Å². The van der Waals surface area contributed by atoms with Crippen LogP contribution in [0.1, 0.15) is 48.0 Å². The smallest absolute Gasteiger partial charge is 0.434 e. The first-order chi connectivity index (χ1) is 14.7. The van der Waals surface area contributed by atoms with Gasteiger partial charge in [0, 0.05) is 12.0 Å². The highest BCUT2D eigenvalue weighted by Crippen LogP contribution is 2.49. The summed E-state index contributed by atoms with van der Waals surface area (Å²) in [6, 6.07) is 13.3. The summed E-state index contributed by atoms with van der Waals surface area (Å²) in [4.78, 5) is 24.7. The van der Waals surface area contributed by atoms with Crippen molar-refractivity contribution in [1.82, 2.24) is 5.32 Å². The van der Waals surface area contributed by atoms with Crippen LogP contribution >= 0.6 is 0 Å².